The highest BCUT2D eigenvalue weighted by molar-refractivity contribution is 7.99. The number of nitrogens with one attached hydrogen (secondary N) is 2. The van der Waals surface area contributed by atoms with Gasteiger partial charge in [0.15, 0.2) is 5.82 Å². The average Bonchev–Trinajstić information content (AvgIpc) is 3.46. The van der Waals surface area contributed by atoms with Crippen LogP contribution in [0.2, 0.25) is 0 Å². The van der Waals surface area contributed by atoms with Crippen LogP contribution in [0.5, 0.6) is 0 Å². The van der Waals surface area contributed by atoms with Gasteiger partial charge in [0.25, 0.3) is 0 Å². The molecule has 4 aromatic rings. The number of hydrogen-bond donors (Lipinski definition) is 2. The molecule has 2 N–H and O–H groups in total. The summed E-state index contributed by atoms with van der Waals surface area (Å²) in [7, 11) is 0. The van der Waals surface area contributed by atoms with Crippen LogP contribution in [0.1, 0.15) is 26.5 Å². The molecule has 0 spiro atoms. The van der Waals surface area contributed by atoms with Crippen molar-refractivity contribution in [1.82, 2.24) is 25.0 Å². The fourth-order valence-electron chi connectivity index (χ4n) is 2.75. The number of aromatic amines is 1. The topological polar surface area (TPSA) is 88.5 Å². The monoisotopic (exact) mass is 438 g/mol. The molecule has 0 saturated carbocycles. The van der Waals surface area contributed by atoms with E-state index in [0.717, 1.165) is 16.3 Å². The van der Waals surface area contributed by atoms with Crippen molar-refractivity contribution in [3.8, 4) is 16.4 Å². The number of thioether (sulfide) groups is 1. The zero-order chi connectivity index (χ0) is 21.1. The average molecular weight is 439 g/mol. The minimum atomic E-state index is -0.139. The van der Waals surface area contributed by atoms with Gasteiger partial charge >= 0.3 is 0 Å². The molecule has 3 heterocycles. The first-order valence-corrected chi connectivity index (χ1v) is 11.3. The predicted molar refractivity (Wildman–Crippen MR) is 121 cm³/mol. The van der Waals surface area contributed by atoms with Crippen molar-refractivity contribution in [1.29, 1.82) is 0 Å². The molecule has 1 amide bonds. The first-order valence-electron chi connectivity index (χ1n) is 9.45. The Kier molecular flexibility index (Phi) is 5.74. The van der Waals surface area contributed by atoms with Gasteiger partial charge in [0.05, 0.1) is 22.0 Å². The molecule has 0 aliphatic rings. The van der Waals surface area contributed by atoms with Gasteiger partial charge in [-0.2, -0.15) is 5.10 Å². The molecule has 9 heteroatoms. The summed E-state index contributed by atoms with van der Waals surface area (Å²) in [5.41, 5.74) is 1.67. The number of thiophene rings is 1. The lowest BCUT2D eigenvalue weighted by Crippen LogP contribution is -2.17. The Morgan fingerprint density at radius 1 is 1.20 bits per heavy atom. The van der Waals surface area contributed by atoms with E-state index in [-0.39, 0.29) is 17.1 Å². The summed E-state index contributed by atoms with van der Waals surface area (Å²) in [6.07, 6.45) is 0. The largest absolute Gasteiger partial charge is 0.310 e. The van der Waals surface area contributed by atoms with E-state index >= 15 is 0 Å². The Bertz CT molecular complexity index is 1130. The van der Waals surface area contributed by atoms with E-state index in [1.165, 1.54) is 11.8 Å². The van der Waals surface area contributed by atoms with Crippen LogP contribution >= 0.6 is 23.1 Å². The fraction of sp³-hybridized carbons (Fsp3) is 0.238. The third-order valence-electron chi connectivity index (χ3n) is 4.30. The van der Waals surface area contributed by atoms with Gasteiger partial charge in [0, 0.05) is 11.5 Å². The second-order valence-corrected chi connectivity index (χ2v) is 9.58. The molecule has 0 aliphatic carbocycles. The summed E-state index contributed by atoms with van der Waals surface area (Å²) in [5, 5.41) is 17.3. The Labute approximate surface area is 182 Å². The quantitative estimate of drug-likeness (QED) is 0.424. The van der Waals surface area contributed by atoms with Crippen molar-refractivity contribution in [2.75, 3.05) is 11.1 Å². The molecule has 0 radical (unpaired) electrons. The van der Waals surface area contributed by atoms with Gasteiger partial charge < -0.3 is 5.32 Å². The van der Waals surface area contributed by atoms with Gasteiger partial charge in [-0.1, -0.05) is 56.8 Å². The van der Waals surface area contributed by atoms with Crippen LogP contribution in [0.25, 0.3) is 16.4 Å². The molecule has 4 rings (SSSR count). The van der Waals surface area contributed by atoms with Gasteiger partial charge in [0.1, 0.15) is 5.82 Å². The van der Waals surface area contributed by atoms with E-state index in [0.29, 0.717) is 16.8 Å². The van der Waals surface area contributed by atoms with Crippen LogP contribution in [-0.4, -0.2) is 36.6 Å². The Morgan fingerprint density at radius 2 is 2.00 bits per heavy atom. The van der Waals surface area contributed by atoms with E-state index in [1.807, 2.05) is 53.9 Å². The maximum Gasteiger partial charge on any atom is 0.236 e. The summed E-state index contributed by atoms with van der Waals surface area (Å²) in [4.78, 5) is 18.1. The molecule has 0 saturated heterocycles. The smallest absolute Gasteiger partial charge is 0.236 e. The minimum Gasteiger partial charge on any atom is -0.310 e. The summed E-state index contributed by atoms with van der Waals surface area (Å²) in [6.45, 7) is 6.29. The molecule has 0 atom stereocenters. The highest BCUT2D eigenvalue weighted by atomic mass is 32.2. The first kappa shape index (κ1) is 20.4. The molecule has 3 aromatic heterocycles. The van der Waals surface area contributed by atoms with Gasteiger partial charge in [-0.05, 0) is 23.6 Å². The maximum atomic E-state index is 12.6. The molecule has 30 heavy (non-hydrogen) atoms. The number of rotatable bonds is 6. The number of carbonyl (C=O) groups excluding carboxylic acids is 1. The van der Waals surface area contributed by atoms with Gasteiger partial charge in [0.2, 0.25) is 11.1 Å². The van der Waals surface area contributed by atoms with E-state index in [1.54, 1.807) is 16.0 Å². The van der Waals surface area contributed by atoms with Gasteiger partial charge in [-0.3, -0.25) is 9.89 Å². The zero-order valence-electron chi connectivity index (χ0n) is 16.9. The molecule has 0 fully saturated rings. The number of hydrogen-bond acceptors (Lipinski definition) is 6. The molecule has 0 unspecified atom stereocenters. The van der Waals surface area contributed by atoms with Crippen molar-refractivity contribution >= 4 is 34.8 Å². The second kappa shape index (κ2) is 8.45. The highest BCUT2D eigenvalue weighted by Gasteiger charge is 2.21. The van der Waals surface area contributed by atoms with Crippen LogP contribution in [0, 0.1) is 0 Å². The third-order valence-corrected chi connectivity index (χ3v) is 6.02. The summed E-state index contributed by atoms with van der Waals surface area (Å²) < 4.78 is 1.77. The number of amides is 1. The predicted octanol–water partition coefficient (Wildman–Crippen LogP) is 4.75. The number of aromatic nitrogens is 5. The Balaban J connectivity index is 1.47. The number of carbonyl (C=O) groups is 1. The van der Waals surface area contributed by atoms with Gasteiger partial charge in [-0.15, -0.1) is 16.4 Å². The molecule has 7 nitrogen and oxygen atoms in total. The molecular weight excluding hydrogens is 416 g/mol. The van der Waals surface area contributed by atoms with Crippen LogP contribution in [0.3, 0.4) is 0 Å². The Morgan fingerprint density at radius 3 is 2.70 bits per heavy atom. The number of nitrogens with zero attached hydrogens (tertiary/aromatic N) is 4. The summed E-state index contributed by atoms with van der Waals surface area (Å²) in [6, 6.07) is 15.6. The van der Waals surface area contributed by atoms with Crippen molar-refractivity contribution in [2.45, 2.75) is 31.3 Å². The lowest BCUT2D eigenvalue weighted by molar-refractivity contribution is -0.113. The zero-order valence-corrected chi connectivity index (χ0v) is 18.5. The third kappa shape index (κ3) is 4.63. The van der Waals surface area contributed by atoms with Crippen LogP contribution in [-0.2, 0) is 10.2 Å². The summed E-state index contributed by atoms with van der Waals surface area (Å²) in [5.74, 6) is 1.42. The molecule has 1 aromatic carbocycles. The van der Waals surface area contributed by atoms with Crippen molar-refractivity contribution in [3.05, 3.63) is 59.6 Å². The lowest BCUT2D eigenvalue weighted by Gasteiger charge is -2.14. The van der Waals surface area contributed by atoms with E-state index in [4.69, 9.17) is 5.10 Å². The maximum absolute atomic E-state index is 12.6. The van der Waals surface area contributed by atoms with Crippen molar-refractivity contribution in [2.24, 2.45) is 0 Å². The van der Waals surface area contributed by atoms with Crippen LogP contribution < -0.4 is 5.32 Å². The lowest BCUT2D eigenvalue weighted by atomic mass is 9.92. The van der Waals surface area contributed by atoms with E-state index in [2.05, 4.69) is 41.3 Å². The van der Waals surface area contributed by atoms with E-state index in [9.17, 15) is 4.79 Å². The first-order chi connectivity index (χ1) is 14.4. The molecule has 154 valence electrons. The number of anilines is 1. The SMILES string of the molecule is CC(C)(C)c1cc(NC(=O)CSc2n[nH]c(-c3cccs3)n2)n(-c2ccccc2)n1. The number of benzene rings is 1. The Hall–Kier alpha value is -2.91. The minimum absolute atomic E-state index is 0.134. The van der Waals surface area contributed by atoms with Crippen LogP contribution in [0.4, 0.5) is 5.82 Å². The summed E-state index contributed by atoms with van der Waals surface area (Å²) >= 11 is 2.88. The normalized spacial score (nSPS) is 11.6. The fourth-order valence-corrected chi connectivity index (χ4v) is 4.01. The standard InChI is InChI=1S/C21H22N6OS2/c1-21(2,3)16-12-17(27(26-16)14-8-5-4-6-9-14)22-18(28)13-30-20-23-19(24-25-20)15-10-7-11-29-15/h4-12H,13H2,1-3H3,(H,22,28)(H,23,24,25). The van der Waals surface area contributed by atoms with Crippen molar-refractivity contribution in [3.63, 3.8) is 0 Å². The number of H-pyrrole nitrogens is 1. The van der Waals surface area contributed by atoms with Crippen LogP contribution in [0.15, 0.2) is 59.1 Å². The molecule has 0 aliphatic heterocycles. The highest BCUT2D eigenvalue weighted by Crippen LogP contribution is 2.27. The molecule has 0 bridgehead atoms. The second-order valence-electron chi connectivity index (χ2n) is 7.69. The van der Waals surface area contributed by atoms with E-state index < -0.39 is 0 Å². The number of para-hydroxylation sites is 1. The van der Waals surface area contributed by atoms with Gasteiger partial charge in [-0.25, -0.2) is 9.67 Å². The molecular formula is C21H22N6OS2. The van der Waals surface area contributed by atoms with Crippen molar-refractivity contribution < 1.29 is 4.79 Å².